The fourth-order valence-corrected chi connectivity index (χ4v) is 2.63. The molecular formula is C17H18ClN3O. The number of rotatable bonds is 4. The van der Waals surface area contributed by atoms with Crippen LogP contribution < -0.4 is 4.90 Å². The topological polar surface area (TPSA) is 39.1 Å². The van der Waals surface area contributed by atoms with Gasteiger partial charge in [0.1, 0.15) is 5.84 Å². The number of halogens is 1. The molecule has 22 heavy (non-hydrogen) atoms. The molecule has 2 aromatic carbocycles. The fraction of sp³-hybridized carbons (Fsp3) is 0.235. The van der Waals surface area contributed by atoms with Crippen molar-refractivity contribution >= 4 is 23.1 Å². The van der Waals surface area contributed by atoms with E-state index in [4.69, 9.17) is 21.7 Å². The van der Waals surface area contributed by atoms with Gasteiger partial charge >= 0.3 is 0 Å². The molecule has 1 N–H and O–H groups in total. The molecule has 1 heterocycles. The number of aliphatic hydroxyl groups excluding tert-OH is 1. The first kappa shape index (κ1) is 15.0. The van der Waals surface area contributed by atoms with Crippen molar-refractivity contribution < 1.29 is 5.11 Å². The van der Waals surface area contributed by atoms with Gasteiger partial charge in [0.25, 0.3) is 0 Å². The van der Waals surface area contributed by atoms with Crippen LogP contribution in [0.3, 0.4) is 0 Å². The molecule has 0 aliphatic carbocycles. The van der Waals surface area contributed by atoms with Crippen molar-refractivity contribution in [2.45, 2.75) is 0 Å². The molecular weight excluding hydrogens is 298 g/mol. The second-order valence-corrected chi connectivity index (χ2v) is 5.59. The number of amidine groups is 1. The minimum absolute atomic E-state index is 0.130. The van der Waals surface area contributed by atoms with Crippen molar-refractivity contribution in [2.24, 2.45) is 4.99 Å². The van der Waals surface area contributed by atoms with E-state index in [-0.39, 0.29) is 6.61 Å². The molecule has 2 aromatic rings. The molecule has 0 atom stereocenters. The molecule has 4 nitrogen and oxygen atoms in total. The normalized spacial score (nSPS) is 15.7. The number of aliphatic hydroxyl groups is 1. The predicted octanol–water partition coefficient (Wildman–Crippen LogP) is 2.82. The zero-order valence-corrected chi connectivity index (χ0v) is 12.9. The van der Waals surface area contributed by atoms with Crippen LogP contribution in [0.15, 0.2) is 59.6 Å². The van der Waals surface area contributed by atoms with Gasteiger partial charge in [0.05, 0.1) is 19.9 Å². The quantitative estimate of drug-likeness (QED) is 0.943. The van der Waals surface area contributed by atoms with Gasteiger partial charge in [0.2, 0.25) is 0 Å². The molecule has 3 rings (SSSR count). The maximum atomic E-state index is 9.17. The van der Waals surface area contributed by atoms with Crippen LogP contribution >= 0.6 is 11.6 Å². The minimum atomic E-state index is 0.130. The number of β-amino-alcohol motifs (C(OH)–C–C–N with tert-alkyl or cyclic N) is 1. The minimum Gasteiger partial charge on any atom is -0.395 e. The van der Waals surface area contributed by atoms with Crippen LogP contribution in [0.1, 0.15) is 5.56 Å². The number of anilines is 1. The summed E-state index contributed by atoms with van der Waals surface area (Å²) in [7, 11) is 0. The Morgan fingerprint density at radius 2 is 1.77 bits per heavy atom. The first-order chi connectivity index (χ1) is 10.8. The Bertz CT molecular complexity index is 643. The van der Waals surface area contributed by atoms with Crippen molar-refractivity contribution in [1.82, 2.24) is 4.90 Å². The monoisotopic (exact) mass is 315 g/mol. The second kappa shape index (κ2) is 6.92. The SMILES string of the molecule is OCCN1CN=C(c2ccccc2)N(c2ccc(Cl)cc2)C1. The number of hydrogen-bond acceptors (Lipinski definition) is 4. The third-order valence-electron chi connectivity index (χ3n) is 3.60. The zero-order valence-electron chi connectivity index (χ0n) is 12.2. The highest BCUT2D eigenvalue weighted by Crippen LogP contribution is 2.23. The number of aliphatic imine (C=N–C) groups is 1. The Morgan fingerprint density at radius 3 is 2.45 bits per heavy atom. The highest BCUT2D eigenvalue weighted by Gasteiger charge is 2.22. The van der Waals surface area contributed by atoms with E-state index in [1.807, 2.05) is 42.5 Å². The van der Waals surface area contributed by atoms with Crippen molar-refractivity contribution in [1.29, 1.82) is 0 Å². The van der Waals surface area contributed by atoms with E-state index in [0.717, 1.165) is 17.1 Å². The molecule has 0 saturated carbocycles. The maximum Gasteiger partial charge on any atom is 0.137 e. The van der Waals surface area contributed by atoms with Gasteiger partial charge in [0, 0.05) is 22.8 Å². The highest BCUT2D eigenvalue weighted by atomic mass is 35.5. The molecule has 0 unspecified atom stereocenters. The first-order valence-corrected chi connectivity index (χ1v) is 7.62. The van der Waals surface area contributed by atoms with E-state index >= 15 is 0 Å². The molecule has 0 fully saturated rings. The molecule has 0 radical (unpaired) electrons. The van der Waals surface area contributed by atoms with E-state index in [1.54, 1.807) is 0 Å². The average Bonchev–Trinajstić information content (AvgIpc) is 2.57. The van der Waals surface area contributed by atoms with Gasteiger partial charge in [-0.1, -0.05) is 41.9 Å². The van der Waals surface area contributed by atoms with Crippen LogP contribution in [0.25, 0.3) is 0 Å². The average molecular weight is 316 g/mol. The number of benzene rings is 2. The van der Waals surface area contributed by atoms with Crippen molar-refractivity contribution in [3.8, 4) is 0 Å². The second-order valence-electron chi connectivity index (χ2n) is 5.15. The molecule has 0 amide bonds. The van der Waals surface area contributed by atoms with Crippen LogP contribution in [0.5, 0.6) is 0 Å². The van der Waals surface area contributed by atoms with E-state index < -0.39 is 0 Å². The maximum absolute atomic E-state index is 9.17. The fourth-order valence-electron chi connectivity index (χ4n) is 2.51. The highest BCUT2D eigenvalue weighted by molar-refractivity contribution is 6.30. The van der Waals surface area contributed by atoms with Crippen molar-refractivity contribution in [3.63, 3.8) is 0 Å². The summed E-state index contributed by atoms with van der Waals surface area (Å²) in [6.45, 7) is 2.02. The third kappa shape index (κ3) is 3.30. The van der Waals surface area contributed by atoms with Crippen LogP contribution in [-0.2, 0) is 0 Å². The molecule has 0 bridgehead atoms. The van der Waals surface area contributed by atoms with Crippen molar-refractivity contribution in [2.75, 3.05) is 31.4 Å². The lowest BCUT2D eigenvalue weighted by Gasteiger charge is -2.36. The third-order valence-corrected chi connectivity index (χ3v) is 3.86. The Kier molecular flexibility index (Phi) is 4.73. The Hall–Kier alpha value is -1.88. The van der Waals surface area contributed by atoms with Crippen LogP contribution in [0, 0.1) is 0 Å². The van der Waals surface area contributed by atoms with E-state index in [9.17, 15) is 0 Å². The van der Waals surface area contributed by atoms with Crippen LogP contribution in [-0.4, -0.2) is 42.3 Å². The molecule has 0 aromatic heterocycles. The van der Waals surface area contributed by atoms with Gasteiger partial charge < -0.3 is 10.0 Å². The molecule has 0 saturated heterocycles. The predicted molar refractivity (Wildman–Crippen MR) is 90.4 cm³/mol. The first-order valence-electron chi connectivity index (χ1n) is 7.24. The van der Waals surface area contributed by atoms with Gasteiger partial charge in [-0.15, -0.1) is 0 Å². The molecule has 5 heteroatoms. The standard InChI is InChI=1S/C17H18ClN3O/c18-15-6-8-16(9-7-15)21-13-20(10-11-22)12-19-17(21)14-4-2-1-3-5-14/h1-9,22H,10-13H2. The lowest BCUT2D eigenvalue weighted by atomic mass is 10.1. The zero-order chi connectivity index (χ0) is 15.4. The van der Waals surface area contributed by atoms with Gasteiger partial charge in [-0.2, -0.15) is 0 Å². The lowest BCUT2D eigenvalue weighted by molar-refractivity contribution is 0.199. The van der Waals surface area contributed by atoms with Gasteiger partial charge in [-0.3, -0.25) is 9.89 Å². The number of nitrogens with zero attached hydrogens (tertiary/aromatic N) is 3. The molecule has 1 aliphatic rings. The van der Waals surface area contributed by atoms with E-state index in [0.29, 0.717) is 24.9 Å². The summed E-state index contributed by atoms with van der Waals surface area (Å²) >= 11 is 5.99. The van der Waals surface area contributed by atoms with Crippen LogP contribution in [0.2, 0.25) is 5.02 Å². The smallest absolute Gasteiger partial charge is 0.137 e. The van der Waals surface area contributed by atoms with Gasteiger partial charge in [-0.25, -0.2) is 0 Å². The van der Waals surface area contributed by atoms with E-state index in [1.165, 1.54) is 0 Å². The largest absolute Gasteiger partial charge is 0.395 e. The summed E-state index contributed by atoms with van der Waals surface area (Å²) in [6, 6.07) is 17.9. The summed E-state index contributed by atoms with van der Waals surface area (Å²) in [6.07, 6.45) is 0. The molecule has 1 aliphatic heterocycles. The Morgan fingerprint density at radius 1 is 1.05 bits per heavy atom. The Labute approximate surface area is 135 Å². The van der Waals surface area contributed by atoms with E-state index in [2.05, 4.69) is 21.9 Å². The summed E-state index contributed by atoms with van der Waals surface area (Å²) in [5.41, 5.74) is 2.12. The molecule has 0 spiro atoms. The lowest BCUT2D eigenvalue weighted by Crippen LogP contribution is -2.47. The van der Waals surface area contributed by atoms with Crippen molar-refractivity contribution in [3.05, 3.63) is 65.2 Å². The summed E-state index contributed by atoms with van der Waals surface area (Å²) in [4.78, 5) is 8.95. The van der Waals surface area contributed by atoms with Gasteiger partial charge in [-0.05, 0) is 24.3 Å². The Balaban J connectivity index is 1.95. The summed E-state index contributed by atoms with van der Waals surface area (Å²) in [5.74, 6) is 0.942. The summed E-state index contributed by atoms with van der Waals surface area (Å²) in [5, 5.41) is 9.88. The summed E-state index contributed by atoms with van der Waals surface area (Å²) < 4.78 is 0. The number of hydrogen-bond donors (Lipinski definition) is 1. The van der Waals surface area contributed by atoms with Gasteiger partial charge in [0.15, 0.2) is 0 Å². The molecule has 114 valence electrons. The van der Waals surface area contributed by atoms with Crippen LogP contribution in [0.4, 0.5) is 5.69 Å².